The lowest BCUT2D eigenvalue weighted by atomic mass is 10.0. The van der Waals surface area contributed by atoms with Gasteiger partial charge < -0.3 is 14.4 Å². The average molecular weight is 304 g/mol. The third-order valence-corrected chi connectivity index (χ3v) is 3.87. The van der Waals surface area contributed by atoms with Gasteiger partial charge in [0.2, 0.25) is 5.76 Å². The first-order chi connectivity index (χ1) is 10.5. The van der Waals surface area contributed by atoms with Crippen LogP contribution in [-0.4, -0.2) is 33.5 Å². The zero-order valence-corrected chi connectivity index (χ0v) is 12.4. The summed E-state index contributed by atoms with van der Waals surface area (Å²) in [5, 5.41) is 9.94. The van der Waals surface area contributed by atoms with E-state index >= 15 is 0 Å². The highest BCUT2D eigenvalue weighted by Gasteiger charge is 2.37. The van der Waals surface area contributed by atoms with Crippen molar-refractivity contribution in [1.29, 1.82) is 0 Å². The van der Waals surface area contributed by atoms with E-state index in [1.807, 2.05) is 0 Å². The summed E-state index contributed by atoms with van der Waals surface area (Å²) in [4.78, 5) is 18.3. The first kappa shape index (κ1) is 14.7. The van der Waals surface area contributed by atoms with Gasteiger partial charge in [-0.05, 0) is 31.0 Å². The molecule has 1 aliphatic rings. The van der Waals surface area contributed by atoms with Gasteiger partial charge in [0.05, 0.1) is 17.8 Å². The Morgan fingerprint density at radius 2 is 2.23 bits per heavy atom. The van der Waals surface area contributed by atoms with E-state index in [4.69, 9.17) is 4.42 Å². The number of hydrogen-bond acceptors (Lipinski definition) is 4. The molecule has 1 fully saturated rings. The number of halogens is 1. The molecule has 1 saturated heterocycles. The molecule has 1 aromatic carbocycles. The van der Waals surface area contributed by atoms with Gasteiger partial charge in [-0.3, -0.25) is 4.79 Å². The molecule has 0 unspecified atom stereocenters. The molecule has 0 aliphatic carbocycles. The first-order valence-corrected chi connectivity index (χ1v) is 7.14. The van der Waals surface area contributed by atoms with Crippen LogP contribution in [-0.2, 0) is 0 Å². The van der Waals surface area contributed by atoms with Crippen molar-refractivity contribution in [2.75, 3.05) is 6.54 Å². The molecule has 2 aromatic rings. The molecule has 0 saturated carbocycles. The molecule has 0 spiro atoms. The summed E-state index contributed by atoms with van der Waals surface area (Å²) in [6, 6.07) is 5.72. The van der Waals surface area contributed by atoms with Gasteiger partial charge in [-0.15, -0.1) is 0 Å². The fourth-order valence-corrected chi connectivity index (χ4v) is 2.93. The highest BCUT2D eigenvalue weighted by atomic mass is 19.1. The minimum Gasteiger partial charge on any atom is -0.436 e. The molecular weight excluding hydrogens is 287 g/mol. The third kappa shape index (κ3) is 2.62. The third-order valence-electron chi connectivity index (χ3n) is 3.87. The van der Waals surface area contributed by atoms with Crippen LogP contribution in [0.3, 0.4) is 0 Å². The number of rotatable bonds is 2. The Bertz CT molecular complexity index is 713. The van der Waals surface area contributed by atoms with Crippen molar-refractivity contribution in [2.24, 2.45) is 0 Å². The fourth-order valence-electron chi connectivity index (χ4n) is 2.93. The summed E-state index contributed by atoms with van der Waals surface area (Å²) in [7, 11) is 0. The van der Waals surface area contributed by atoms with Crippen molar-refractivity contribution < 1.29 is 18.7 Å². The first-order valence-electron chi connectivity index (χ1n) is 7.14. The molecule has 0 bridgehead atoms. The number of hydrogen-bond donors (Lipinski definition) is 1. The Morgan fingerprint density at radius 1 is 1.45 bits per heavy atom. The Kier molecular flexibility index (Phi) is 3.70. The maximum atomic E-state index is 13.4. The van der Waals surface area contributed by atoms with Crippen molar-refractivity contribution in [1.82, 2.24) is 9.88 Å². The van der Waals surface area contributed by atoms with Crippen LogP contribution in [0.1, 0.15) is 40.2 Å². The molecule has 22 heavy (non-hydrogen) atoms. The molecule has 1 aromatic heterocycles. The van der Waals surface area contributed by atoms with Crippen LogP contribution in [0.2, 0.25) is 0 Å². The van der Waals surface area contributed by atoms with Crippen molar-refractivity contribution in [3.8, 4) is 0 Å². The van der Waals surface area contributed by atoms with Crippen molar-refractivity contribution in [2.45, 2.75) is 32.4 Å². The van der Waals surface area contributed by atoms with E-state index in [1.165, 1.54) is 17.0 Å². The van der Waals surface area contributed by atoms with Crippen LogP contribution in [0.25, 0.3) is 0 Å². The molecule has 2 atom stereocenters. The van der Waals surface area contributed by atoms with Gasteiger partial charge in [0.25, 0.3) is 5.91 Å². The number of likely N-dealkylation sites (tertiary alicyclic amines) is 1. The zero-order chi connectivity index (χ0) is 15.9. The standard InChI is InChI=1S/C16H17FN2O3/c1-9-15(22-10(2)18-9)16(21)19-8-13(20)7-14(19)11-4-3-5-12(17)6-11/h3-6,13-14,20H,7-8H2,1-2H3/t13-,14+/m1/s1. The van der Waals surface area contributed by atoms with E-state index < -0.39 is 6.10 Å². The number of amides is 1. The van der Waals surface area contributed by atoms with Crippen molar-refractivity contribution in [3.63, 3.8) is 0 Å². The number of nitrogens with zero attached hydrogens (tertiary/aromatic N) is 2. The number of carbonyl (C=O) groups excluding carboxylic acids is 1. The molecule has 1 aliphatic heterocycles. The van der Waals surface area contributed by atoms with E-state index in [2.05, 4.69) is 4.98 Å². The normalized spacial score (nSPS) is 21.4. The maximum Gasteiger partial charge on any atom is 0.292 e. The smallest absolute Gasteiger partial charge is 0.292 e. The van der Waals surface area contributed by atoms with Crippen LogP contribution in [0.4, 0.5) is 4.39 Å². The quantitative estimate of drug-likeness (QED) is 0.925. The van der Waals surface area contributed by atoms with E-state index in [-0.39, 0.29) is 30.1 Å². The molecule has 116 valence electrons. The fraction of sp³-hybridized carbons (Fsp3) is 0.375. The van der Waals surface area contributed by atoms with Crippen LogP contribution >= 0.6 is 0 Å². The summed E-state index contributed by atoms with van der Waals surface area (Å²) in [6.07, 6.45) is -0.261. The molecule has 1 N–H and O–H groups in total. The second kappa shape index (κ2) is 5.53. The Labute approximate surface area is 127 Å². The lowest BCUT2D eigenvalue weighted by Gasteiger charge is -2.24. The Morgan fingerprint density at radius 3 is 2.86 bits per heavy atom. The van der Waals surface area contributed by atoms with Gasteiger partial charge in [0, 0.05) is 13.5 Å². The molecule has 3 rings (SSSR count). The number of oxazole rings is 1. The van der Waals surface area contributed by atoms with Gasteiger partial charge in [-0.25, -0.2) is 9.37 Å². The van der Waals surface area contributed by atoms with E-state index in [0.29, 0.717) is 23.6 Å². The molecule has 0 radical (unpaired) electrons. The van der Waals surface area contributed by atoms with Crippen LogP contribution < -0.4 is 0 Å². The Hall–Kier alpha value is -2.21. The van der Waals surface area contributed by atoms with E-state index in [1.54, 1.807) is 26.0 Å². The zero-order valence-electron chi connectivity index (χ0n) is 12.4. The average Bonchev–Trinajstić information content (AvgIpc) is 3.01. The minimum absolute atomic E-state index is 0.174. The highest BCUT2D eigenvalue weighted by molar-refractivity contribution is 5.93. The second-order valence-electron chi connectivity index (χ2n) is 5.57. The van der Waals surface area contributed by atoms with Gasteiger partial charge in [-0.2, -0.15) is 0 Å². The summed E-state index contributed by atoms with van der Waals surface area (Å²) < 4.78 is 18.8. The van der Waals surface area contributed by atoms with Crippen LogP contribution in [0.5, 0.6) is 0 Å². The lowest BCUT2D eigenvalue weighted by molar-refractivity contribution is 0.0681. The molecular formula is C16H17FN2O3. The number of aromatic nitrogens is 1. The Balaban J connectivity index is 1.94. The minimum atomic E-state index is -0.637. The van der Waals surface area contributed by atoms with Crippen LogP contribution in [0.15, 0.2) is 28.7 Å². The molecule has 6 heteroatoms. The van der Waals surface area contributed by atoms with Gasteiger partial charge >= 0.3 is 0 Å². The molecule has 1 amide bonds. The number of carbonyl (C=O) groups is 1. The number of aliphatic hydroxyl groups excluding tert-OH is 1. The molecule has 5 nitrogen and oxygen atoms in total. The summed E-state index contributed by atoms with van der Waals surface area (Å²) in [5.41, 5.74) is 1.18. The number of aliphatic hydroxyl groups is 1. The number of aryl methyl sites for hydroxylation is 2. The predicted octanol–water partition coefficient (Wildman–Crippen LogP) is 2.38. The summed E-state index contributed by atoms with van der Waals surface area (Å²) in [5.74, 6) is -0.0993. The van der Waals surface area contributed by atoms with Crippen molar-refractivity contribution >= 4 is 5.91 Å². The van der Waals surface area contributed by atoms with Gasteiger partial charge in [0.1, 0.15) is 5.82 Å². The van der Waals surface area contributed by atoms with Gasteiger partial charge in [-0.1, -0.05) is 12.1 Å². The largest absolute Gasteiger partial charge is 0.436 e. The maximum absolute atomic E-state index is 13.4. The van der Waals surface area contributed by atoms with Gasteiger partial charge in [0.15, 0.2) is 5.89 Å². The number of benzene rings is 1. The highest BCUT2D eigenvalue weighted by Crippen LogP contribution is 2.34. The predicted molar refractivity (Wildman–Crippen MR) is 76.8 cm³/mol. The van der Waals surface area contributed by atoms with E-state index in [0.717, 1.165) is 0 Å². The lowest BCUT2D eigenvalue weighted by Crippen LogP contribution is -2.32. The summed E-state index contributed by atoms with van der Waals surface area (Å²) >= 11 is 0. The second-order valence-corrected chi connectivity index (χ2v) is 5.57. The molecule has 2 heterocycles. The monoisotopic (exact) mass is 304 g/mol. The van der Waals surface area contributed by atoms with Crippen molar-refractivity contribution in [3.05, 3.63) is 53.0 Å². The van der Waals surface area contributed by atoms with Crippen LogP contribution in [0, 0.1) is 19.7 Å². The SMILES string of the molecule is Cc1nc(C)c(C(=O)N2C[C@H](O)C[C@H]2c2cccc(F)c2)o1. The van der Waals surface area contributed by atoms with E-state index in [9.17, 15) is 14.3 Å². The number of β-amino-alcohol motifs (C(OH)–C–C–N with tert-alkyl or cyclic N) is 1. The summed E-state index contributed by atoms with van der Waals surface area (Å²) in [6.45, 7) is 3.57. The topological polar surface area (TPSA) is 66.6 Å².